The van der Waals surface area contributed by atoms with Crippen LogP contribution in [0.25, 0.3) is 0 Å². The lowest BCUT2D eigenvalue weighted by molar-refractivity contribution is -0.116. The number of carbonyl (C=O) groups is 1. The number of amides is 1. The maximum atomic E-state index is 10.7. The van der Waals surface area contributed by atoms with Crippen molar-refractivity contribution in [3.05, 3.63) is 10.6 Å². The first-order valence-corrected chi connectivity index (χ1v) is 3.51. The second-order valence-corrected chi connectivity index (χ2v) is 3.46. The highest BCUT2D eigenvalue weighted by Gasteiger charge is 2.28. The molecule has 2 nitrogen and oxygen atoms in total. The molecule has 0 aliphatic carbocycles. The lowest BCUT2D eigenvalue weighted by Gasteiger charge is -2.18. The van der Waals surface area contributed by atoms with Crippen molar-refractivity contribution >= 4 is 21.8 Å². The van der Waals surface area contributed by atoms with Crippen molar-refractivity contribution in [2.24, 2.45) is 0 Å². The van der Waals surface area contributed by atoms with E-state index in [1.54, 1.807) is 6.08 Å². The number of rotatable bonds is 0. The molecule has 0 aromatic carbocycles. The van der Waals surface area contributed by atoms with Crippen LogP contribution in [0.4, 0.5) is 0 Å². The molecule has 0 bridgehead atoms. The molecule has 0 aromatic rings. The van der Waals surface area contributed by atoms with Crippen molar-refractivity contribution in [3.8, 4) is 0 Å². The van der Waals surface area contributed by atoms with Crippen LogP contribution in [0.5, 0.6) is 0 Å². The maximum Gasteiger partial charge on any atom is 0.245 e. The summed E-state index contributed by atoms with van der Waals surface area (Å²) in [6.45, 7) is 3.89. The maximum absolute atomic E-state index is 10.7. The van der Waals surface area contributed by atoms with Crippen LogP contribution in [0.3, 0.4) is 0 Å². The Balaban J connectivity index is 2.89. The van der Waals surface area contributed by atoms with Gasteiger partial charge in [-0.25, -0.2) is 0 Å². The minimum atomic E-state index is -0.197. The van der Waals surface area contributed by atoms with E-state index < -0.39 is 0 Å². The van der Waals surface area contributed by atoms with Gasteiger partial charge in [0.05, 0.1) is 5.54 Å². The van der Waals surface area contributed by atoms with Gasteiger partial charge >= 0.3 is 0 Å². The molecule has 1 heterocycles. The zero-order valence-electron chi connectivity index (χ0n) is 5.36. The number of halogens is 1. The Hall–Kier alpha value is -0.310. The van der Waals surface area contributed by atoms with Gasteiger partial charge in [-0.05, 0) is 13.8 Å². The van der Waals surface area contributed by atoms with Crippen LogP contribution >= 0.6 is 15.9 Å². The lowest BCUT2D eigenvalue weighted by atomic mass is 10.1. The van der Waals surface area contributed by atoms with E-state index in [2.05, 4.69) is 21.2 Å². The van der Waals surface area contributed by atoms with Gasteiger partial charge in [-0.15, -0.1) is 0 Å². The molecule has 1 aliphatic heterocycles. The summed E-state index contributed by atoms with van der Waals surface area (Å²) in [5, 5.41) is 2.76. The summed E-state index contributed by atoms with van der Waals surface area (Å²) in [5.74, 6) is -0.0214. The largest absolute Gasteiger partial charge is 0.343 e. The van der Waals surface area contributed by atoms with Crippen LogP contribution in [0.2, 0.25) is 0 Å². The molecular formula is C6H8BrNO. The summed E-state index contributed by atoms with van der Waals surface area (Å²) in [5.41, 5.74) is -0.197. The summed E-state index contributed by atoms with van der Waals surface area (Å²) in [4.78, 5) is 10.7. The minimum absolute atomic E-state index is 0.0214. The average Bonchev–Trinajstić information content (AvgIpc) is 1.79. The minimum Gasteiger partial charge on any atom is -0.343 e. The van der Waals surface area contributed by atoms with Crippen LogP contribution in [0.15, 0.2) is 10.6 Å². The SMILES string of the molecule is CC1(C)NC(=O)C=C1Br. The third-order valence-corrected chi connectivity index (χ3v) is 2.51. The molecule has 9 heavy (non-hydrogen) atoms. The summed E-state index contributed by atoms with van der Waals surface area (Å²) in [7, 11) is 0. The Morgan fingerprint density at radius 2 is 2.22 bits per heavy atom. The Morgan fingerprint density at radius 3 is 2.33 bits per heavy atom. The first-order chi connectivity index (χ1) is 4.02. The molecule has 0 atom stereocenters. The van der Waals surface area contributed by atoms with Crippen LogP contribution in [0.1, 0.15) is 13.8 Å². The fraction of sp³-hybridized carbons (Fsp3) is 0.500. The molecular weight excluding hydrogens is 182 g/mol. The highest BCUT2D eigenvalue weighted by Crippen LogP contribution is 2.25. The molecule has 0 saturated heterocycles. The predicted molar refractivity (Wildman–Crippen MR) is 39.2 cm³/mol. The fourth-order valence-electron chi connectivity index (χ4n) is 0.699. The Bertz CT molecular complexity index is 183. The summed E-state index contributed by atoms with van der Waals surface area (Å²) >= 11 is 3.28. The Kier molecular flexibility index (Phi) is 1.39. The average molecular weight is 190 g/mol. The van der Waals surface area contributed by atoms with Crippen molar-refractivity contribution in [2.75, 3.05) is 0 Å². The van der Waals surface area contributed by atoms with Crippen LogP contribution in [-0.4, -0.2) is 11.4 Å². The highest BCUT2D eigenvalue weighted by molar-refractivity contribution is 9.11. The summed E-state index contributed by atoms with van der Waals surface area (Å²) in [6, 6.07) is 0. The number of nitrogens with one attached hydrogen (secondary N) is 1. The highest BCUT2D eigenvalue weighted by atomic mass is 79.9. The zero-order valence-corrected chi connectivity index (χ0v) is 6.95. The second kappa shape index (κ2) is 1.84. The Morgan fingerprint density at radius 1 is 1.67 bits per heavy atom. The van der Waals surface area contributed by atoms with E-state index in [4.69, 9.17) is 0 Å². The van der Waals surface area contributed by atoms with E-state index in [-0.39, 0.29) is 11.4 Å². The van der Waals surface area contributed by atoms with E-state index in [0.717, 1.165) is 4.48 Å². The van der Waals surface area contributed by atoms with E-state index in [0.29, 0.717) is 0 Å². The first kappa shape index (κ1) is 6.81. The zero-order chi connectivity index (χ0) is 7.07. The van der Waals surface area contributed by atoms with Gasteiger partial charge in [-0.2, -0.15) is 0 Å². The molecule has 0 aromatic heterocycles. The van der Waals surface area contributed by atoms with Crippen LogP contribution in [0, 0.1) is 0 Å². The van der Waals surface area contributed by atoms with Gasteiger partial charge in [0.15, 0.2) is 0 Å². The van der Waals surface area contributed by atoms with E-state index in [1.165, 1.54) is 0 Å². The standard InChI is InChI=1S/C6H8BrNO/c1-6(2)4(7)3-5(9)8-6/h3H,1-2H3,(H,8,9). The van der Waals surface area contributed by atoms with Crippen LogP contribution < -0.4 is 5.32 Å². The molecule has 0 spiro atoms. The molecule has 0 radical (unpaired) electrons. The summed E-state index contributed by atoms with van der Waals surface area (Å²) in [6.07, 6.45) is 1.56. The van der Waals surface area contributed by atoms with Gasteiger partial charge < -0.3 is 5.32 Å². The number of hydrogen-bond acceptors (Lipinski definition) is 1. The van der Waals surface area contributed by atoms with Crippen molar-refractivity contribution in [3.63, 3.8) is 0 Å². The number of carbonyl (C=O) groups excluding carboxylic acids is 1. The smallest absolute Gasteiger partial charge is 0.245 e. The summed E-state index contributed by atoms with van der Waals surface area (Å²) < 4.78 is 0.917. The normalized spacial score (nSPS) is 23.4. The molecule has 50 valence electrons. The second-order valence-electron chi connectivity index (χ2n) is 2.61. The van der Waals surface area contributed by atoms with Crippen molar-refractivity contribution in [2.45, 2.75) is 19.4 Å². The topological polar surface area (TPSA) is 29.1 Å². The molecule has 0 fully saturated rings. The van der Waals surface area contributed by atoms with Gasteiger partial charge in [0.2, 0.25) is 5.91 Å². The quantitative estimate of drug-likeness (QED) is 0.610. The first-order valence-electron chi connectivity index (χ1n) is 2.72. The third-order valence-electron chi connectivity index (χ3n) is 1.29. The molecule has 3 heteroatoms. The van der Waals surface area contributed by atoms with Gasteiger partial charge in [0.1, 0.15) is 0 Å². The third kappa shape index (κ3) is 1.15. The fourth-order valence-corrected chi connectivity index (χ4v) is 1.01. The molecule has 1 amide bonds. The molecule has 0 unspecified atom stereocenters. The van der Waals surface area contributed by atoms with Crippen molar-refractivity contribution in [1.29, 1.82) is 0 Å². The molecule has 1 rings (SSSR count). The molecule has 0 saturated carbocycles. The van der Waals surface area contributed by atoms with E-state index in [1.807, 2.05) is 13.8 Å². The molecule has 1 aliphatic rings. The van der Waals surface area contributed by atoms with Gasteiger partial charge in [0.25, 0.3) is 0 Å². The van der Waals surface area contributed by atoms with Gasteiger partial charge in [-0.1, -0.05) is 15.9 Å². The van der Waals surface area contributed by atoms with Gasteiger partial charge in [0, 0.05) is 10.6 Å². The van der Waals surface area contributed by atoms with Crippen molar-refractivity contribution < 1.29 is 4.79 Å². The van der Waals surface area contributed by atoms with Crippen molar-refractivity contribution in [1.82, 2.24) is 5.32 Å². The van der Waals surface area contributed by atoms with Gasteiger partial charge in [-0.3, -0.25) is 4.79 Å². The lowest BCUT2D eigenvalue weighted by Crippen LogP contribution is -2.36. The monoisotopic (exact) mass is 189 g/mol. The van der Waals surface area contributed by atoms with Crippen LogP contribution in [-0.2, 0) is 4.79 Å². The Labute approximate surface area is 62.4 Å². The van der Waals surface area contributed by atoms with E-state index >= 15 is 0 Å². The number of hydrogen-bond donors (Lipinski definition) is 1. The predicted octanol–water partition coefficient (Wildman–Crippen LogP) is 1.17. The van der Waals surface area contributed by atoms with E-state index in [9.17, 15) is 4.79 Å². The molecule has 1 N–H and O–H groups in total.